The minimum atomic E-state index is -0.649. The van der Waals surface area contributed by atoms with Gasteiger partial charge in [0, 0.05) is 16.1 Å². The summed E-state index contributed by atoms with van der Waals surface area (Å²) in [6, 6.07) is 5.35. The molecule has 0 saturated carbocycles. The SMILES string of the molecule is CCOC(=O)C(C)Oc1ccc(Br)cc1C(C)N. The van der Waals surface area contributed by atoms with Crippen LogP contribution in [-0.4, -0.2) is 18.7 Å². The molecule has 2 unspecified atom stereocenters. The lowest BCUT2D eigenvalue weighted by Gasteiger charge is -2.18. The Kier molecular flexibility index (Phi) is 5.62. The number of ether oxygens (including phenoxy) is 2. The van der Waals surface area contributed by atoms with E-state index in [-0.39, 0.29) is 12.0 Å². The van der Waals surface area contributed by atoms with Crippen molar-refractivity contribution in [3.63, 3.8) is 0 Å². The monoisotopic (exact) mass is 315 g/mol. The Balaban J connectivity index is 2.87. The highest BCUT2D eigenvalue weighted by Gasteiger charge is 2.18. The molecule has 0 fully saturated rings. The Morgan fingerprint density at radius 3 is 2.67 bits per heavy atom. The van der Waals surface area contributed by atoms with E-state index in [9.17, 15) is 4.79 Å². The highest BCUT2D eigenvalue weighted by atomic mass is 79.9. The first-order chi connectivity index (χ1) is 8.45. The molecule has 0 aliphatic heterocycles. The van der Waals surface area contributed by atoms with Crippen LogP contribution in [0.25, 0.3) is 0 Å². The van der Waals surface area contributed by atoms with Gasteiger partial charge in [0.25, 0.3) is 0 Å². The normalized spacial score (nSPS) is 13.8. The topological polar surface area (TPSA) is 61.5 Å². The van der Waals surface area contributed by atoms with Gasteiger partial charge in [0.15, 0.2) is 6.10 Å². The lowest BCUT2D eigenvalue weighted by atomic mass is 10.1. The van der Waals surface area contributed by atoms with E-state index < -0.39 is 6.10 Å². The number of hydrogen-bond acceptors (Lipinski definition) is 4. The Morgan fingerprint density at radius 1 is 1.44 bits per heavy atom. The summed E-state index contributed by atoms with van der Waals surface area (Å²) in [4.78, 5) is 11.5. The molecule has 1 aromatic carbocycles. The molecule has 0 radical (unpaired) electrons. The van der Waals surface area contributed by atoms with Gasteiger partial charge in [-0.15, -0.1) is 0 Å². The summed E-state index contributed by atoms with van der Waals surface area (Å²) in [7, 11) is 0. The van der Waals surface area contributed by atoms with Gasteiger partial charge in [-0.1, -0.05) is 15.9 Å². The lowest BCUT2D eigenvalue weighted by molar-refractivity contribution is -0.150. The predicted octanol–water partition coefficient (Wildman–Crippen LogP) is 2.80. The summed E-state index contributed by atoms with van der Waals surface area (Å²) in [5, 5.41) is 0. The molecule has 1 rings (SSSR count). The van der Waals surface area contributed by atoms with Gasteiger partial charge in [0.05, 0.1) is 6.61 Å². The van der Waals surface area contributed by atoms with E-state index in [0.717, 1.165) is 10.0 Å². The van der Waals surface area contributed by atoms with Crippen LogP contribution in [0.5, 0.6) is 5.75 Å². The highest BCUT2D eigenvalue weighted by Crippen LogP contribution is 2.28. The molecule has 2 atom stereocenters. The molecule has 1 aromatic rings. The maximum absolute atomic E-state index is 11.5. The fraction of sp³-hybridized carbons (Fsp3) is 0.462. The van der Waals surface area contributed by atoms with Crippen LogP contribution in [0.15, 0.2) is 22.7 Å². The fourth-order valence-electron chi connectivity index (χ4n) is 1.48. The summed E-state index contributed by atoms with van der Waals surface area (Å²) >= 11 is 3.38. The smallest absolute Gasteiger partial charge is 0.347 e. The standard InChI is InChI=1S/C13H18BrNO3/c1-4-17-13(16)9(3)18-12-6-5-10(14)7-11(12)8(2)15/h5-9H,4,15H2,1-3H3. The van der Waals surface area contributed by atoms with E-state index in [2.05, 4.69) is 15.9 Å². The third kappa shape index (κ3) is 3.99. The molecule has 0 saturated heterocycles. The van der Waals surface area contributed by atoms with Crippen molar-refractivity contribution in [2.75, 3.05) is 6.61 Å². The van der Waals surface area contributed by atoms with Gasteiger partial charge in [0.1, 0.15) is 5.75 Å². The highest BCUT2D eigenvalue weighted by molar-refractivity contribution is 9.10. The molecule has 0 aromatic heterocycles. The second-order valence-electron chi connectivity index (χ2n) is 3.98. The summed E-state index contributed by atoms with van der Waals surface area (Å²) in [6.07, 6.45) is -0.649. The van der Waals surface area contributed by atoms with Gasteiger partial charge in [0.2, 0.25) is 0 Å². The van der Waals surface area contributed by atoms with Gasteiger partial charge < -0.3 is 15.2 Å². The van der Waals surface area contributed by atoms with Crippen molar-refractivity contribution in [3.05, 3.63) is 28.2 Å². The van der Waals surface area contributed by atoms with Gasteiger partial charge >= 0.3 is 5.97 Å². The molecule has 0 amide bonds. The molecule has 18 heavy (non-hydrogen) atoms. The van der Waals surface area contributed by atoms with Gasteiger partial charge in [-0.3, -0.25) is 0 Å². The molecule has 100 valence electrons. The molecular formula is C13H18BrNO3. The second-order valence-corrected chi connectivity index (χ2v) is 4.90. The van der Waals surface area contributed by atoms with Crippen molar-refractivity contribution < 1.29 is 14.3 Å². The largest absolute Gasteiger partial charge is 0.479 e. The van der Waals surface area contributed by atoms with Crippen LogP contribution in [0, 0.1) is 0 Å². The summed E-state index contributed by atoms with van der Waals surface area (Å²) in [6.45, 7) is 5.62. The second kappa shape index (κ2) is 6.75. The van der Waals surface area contributed by atoms with Crippen molar-refractivity contribution in [2.24, 2.45) is 5.73 Å². The van der Waals surface area contributed by atoms with Crippen molar-refractivity contribution in [1.82, 2.24) is 0 Å². The Morgan fingerprint density at radius 2 is 2.11 bits per heavy atom. The van der Waals surface area contributed by atoms with Crippen LogP contribution in [0.4, 0.5) is 0 Å². The van der Waals surface area contributed by atoms with Crippen LogP contribution in [0.1, 0.15) is 32.4 Å². The first-order valence-electron chi connectivity index (χ1n) is 5.84. The molecule has 5 heteroatoms. The maximum Gasteiger partial charge on any atom is 0.347 e. The zero-order valence-corrected chi connectivity index (χ0v) is 12.4. The van der Waals surface area contributed by atoms with E-state index in [1.807, 2.05) is 19.1 Å². The number of carbonyl (C=O) groups excluding carboxylic acids is 1. The van der Waals surface area contributed by atoms with Gasteiger partial charge in [-0.05, 0) is 39.0 Å². The number of halogens is 1. The fourth-order valence-corrected chi connectivity index (χ4v) is 1.86. The van der Waals surface area contributed by atoms with Crippen molar-refractivity contribution in [2.45, 2.75) is 32.9 Å². The number of nitrogens with two attached hydrogens (primary N) is 1. The average Bonchev–Trinajstić information content (AvgIpc) is 2.31. The molecule has 2 N–H and O–H groups in total. The summed E-state index contributed by atoms with van der Waals surface area (Å²) in [5.41, 5.74) is 6.72. The zero-order chi connectivity index (χ0) is 13.7. The summed E-state index contributed by atoms with van der Waals surface area (Å²) in [5.74, 6) is 0.227. The van der Waals surface area contributed by atoms with Crippen LogP contribution in [0.2, 0.25) is 0 Å². The van der Waals surface area contributed by atoms with Crippen LogP contribution >= 0.6 is 15.9 Å². The van der Waals surface area contributed by atoms with E-state index in [4.69, 9.17) is 15.2 Å². The summed E-state index contributed by atoms with van der Waals surface area (Å²) < 4.78 is 11.4. The predicted molar refractivity (Wildman–Crippen MR) is 73.5 cm³/mol. The number of esters is 1. The average molecular weight is 316 g/mol. The van der Waals surface area contributed by atoms with Crippen molar-refractivity contribution in [3.8, 4) is 5.75 Å². The third-order valence-corrected chi connectivity index (χ3v) is 2.88. The van der Waals surface area contributed by atoms with Crippen molar-refractivity contribution >= 4 is 21.9 Å². The minimum absolute atomic E-state index is 0.174. The Labute approximate surface area is 116 Å². The van der Waals surface area contributed by atoms with E-state index in [1.54, 1.807) is 19.9 Å². The molecular weight excluding hydrogens is 298 g/mol. The number of rotatable bonds is 5. The van der Waals surface area contributed by atoms with E-state index in [1.165, 1.54) is 0 Å². The molecule has 0 bridgehead atoms. The number of carbonyl (C=O) groups is 1. The molecule has 0 aliphatic carbocycles. The van der Waals surface area contributed by atoms with Crippen LogP contribution < -0.4 is 10.5 Å². The van der Waals surface area contributed by atoms with E-state index >= 15 is 0 Å². The number of benzene rings is 1. The molecule has 0 aliphatic rings. The van der Waals surface area contributed by atoms with Crippen LogP contribution in [-0.2, 0) is 9.53 Å². The van der Waals surface area contributed by atoms with Crippen molar-refractivity contribution in [1.29, 1.82) is 0 Å². The third-order valence-electron chi connectivity index (χ3n) is 2.38. The number of hydrogen-bond donors (Lipinski definition) is 1. The zero-order valence-electron chi connectivity index (χ0n) is 10.8. The molecule has 0 spiro atoms. The first-order valence-corrected chi connectivity index (χ1v) is 6.63. The minimum Gasteiger partial charge on any atom is -0.479 e. The maximum atomic E-state index is 11.5. The van der Waals surface area contributed by atoms with E-state index in [0.29, 0.717) is 12.4 Å². The lowest BCUT2D eigenvalue weighted by Crippen LogP contribution is -2.26. The van der Waals surface area contributed by atoms with Gasteiger partial charge in [-0.2, -0.15) is 0 Å². The van der Waals surface area contributed by atoms with Gasteiger partial charge in [-0.25, -0.2) is 4.79 Å². The first kappa shape index (κ1) is 15.0. The Bertz CT molecular complexity index is 421. The van der Waals surface area contributed by atoms with Crippen LogP contribution in [0.3, 0.4) is 0 Å². The molecule has 4 nitrogen and oxygen atoms in total. The quantitative estimate of drug-likeness (QED) is 0.849. The molecule has 0 heterocycles. The Hall–Kier alpha value is -1.07.